The van der Waals surface area contributed by atoms with Gasteiger partial charge in [0.1, 0.15) is 17.9 Å². The van der Waals surface area contributed by atoms with Crippen LogP contribution >= 0.6 is 0 Å². The van der Waals surface area contributed by atoms with Crippen LogP contribution in [0.1, 0.15) is 31.5 Å². The Labute approximate surface area is 191 Å². The topological polar surface area (TPSA) is 126 Å². The number of nitrogens with zero attached hydrogens (tertiary/aromatic N) is 5. The number of piperidine rings is 1. The first-order valence-corrected chi connectivity index (χ1v) is 12.7. The lowest BCUT2D eigenvalue weighted by Crippen LogP contribution is -2.41. The Morgan fingerprint density at radius 1 is 1.18 bits per heavy atom. The number of fused-ring (bicyclic) bond motifs is 2. The molecule has 1 aliphatic heterocycles. The summed E-state index contributed by atoms with van der Waals surface area (Å²) in [6.45, 7) is 2.91. The third-order valence-corrected chi connectivity index (χ3v) is 7.20. The van der Waals surface area contributed by atoms with Crippen molar-refractivity contribution in [3.8, 4) is 5.88 Å². The van der Waals surface area contributed by atoms with Crippen molar-refractivity contribution >= 4 is 37.8 Å². The van der Waals surface area contributed by atoms with Crippen molar-refractivity contribution in [2.75, 3.05) is 24.7 Å². The smallest absolute Gasteiger partial charge is 0.221 e. The number of hydrogen-bond donors (Lipinski definition) is 2. The Morgan fingerprint density at radius 3 is 2.76 bits per heavy atom. The molecule has 3 aromatic heterocycles. The normalized spacial score (nSPS) is 16.8. The summed E-state index contributed by atoms with van der Waals surface area (Å²) in [5.74, 6) is 1.21. The molecule has 5 rings (SSSR count). The zero-order chi connectivity index (χ0) is 23.0. The minimum atomic E-state index is -3.18. The van der Waals surface area contributed by atoms with Gasteiger partial charge in [-0.2, -0.15) is 0 Å². The molecule has 1 atom stereocenters. The molecule has 4 heterocycles. The Kier molecular flexibility index (Phi) is 5.59. The number of pyridine rings is 1. The second-order valence-electron chi connectivity index (χ2n) is 8.24. The summed E-state index contributed by atoms with van der Waals surface area (Å²) in [6.07, 6.45) is 5.47. The average molecular weight is 468 g/mol. The molecule has 0 bridgehead atoms. The largest absolute Gasteiger partial charge is 0.474 e. The van der Waals surface area contributed by atoms with E-state index >= 15 is 0 Å². The van der Waals surface area contributed by atoms with Crippen LogP contribution in [0.25, 0.3) is 21.9 Å². The molecular formula is C22H25N7O3S. The molecule has 11 heteroatoms. The number of rotatable bonds is 6. The Hall–Kier alpha value is -3.31. The molecule has 1 unspecified atom stereocenters. The van der Waals surface area contributed by atoms with Gasteiger partial charge in [0.15, 0.2) is 11.5 Å². The summed E-state index contributed by atoms with van der Waals surface area (Å²) in [5, 5.41) is 5.34. The van der Waals surface area contributed by atoms with E-state index in [4.69, 9.17) is 9.72 Å². The summed E-state index contributed by atoms with van der Waals surface area (Å²) >= 11 is 0. The van der Waals surface area contributed by atoms with E-state index in [2.05, 4.69) is 25.3 Å². The van der Waals surface area contributed by atoms with E-state index < -0.39 is 10.0 Å². The highest BCUT2D eigenvalue weighted by molar-refractivity contribution is 7.88. The number of sulfonamides is 1. The first-order chi connectivity index (χ1) is 15.9. The molecule has 4 aromatic rings. The number of ether oxygens (including phenoxy) is 1. The van der Waals surface area contributed by atoms with E-state index in [1.54, 1.807) is 6.33 Å². The molecule has 0 aliphatic carbocycles. The molecule has 1 saturated heterocycles. The molecule has 0 radical (unpaired) electrons. The van der Waals surface area contributed by atoms with Crippen molar-refractivity contribution in [1.82, 2.24) is 29.2 Å². The van der Waals surface area contributed by atoms with Gasteiger partial charge in [-0.3, -0.25) is 0 Å². The van der Waals surface area contributed by atoms with Gasteiger partial charge >= 0.3 is 0 Å². The van der Waals surface area contributed by atoms with Crippen LogP contribution in [-0.2, 0) is 10.0 Å². The van der Waals surface area contributed by atoms with E-state index in [0.717, 1.165) is 22.0 Å². The van der Waals surface area contributed by atoms with Gasteiger partial charge in [-0.25, -0.2) is 32.7 Å². The molecular weight excluding hydrogens is 442 g/mol. The van der Waals surface area contributed by atoms with Gasteiger partial charge in [0.05, 0.1) is 24.3 Å². The zero-order valence-corrected chi connectivity index (χ0v) is 19.2. The van der Waals surface area contributed by atoms with Crippen LogP contribution in [0.5, 0.6) is 5.88 Å². The van der Waals surface area contributed by atoms with Crippen molar-refractivity contribution in [3.05, 3.63) is 48.7 Å². The van der Waals surface area contributed by atoms with Crippen molar-refractivity contribution in [3.63, 3.8) is 0 Å². The lowest BCUT2D eigenvalue weighted by atomic mass is 10.1. The molecule has 0 saturated carbocycles. The highest BCUT2D eigenvalue weighted by Gasteiger charge is 2.27. The number of anilines is 1. The second kappa shape index (κ2) is 8.56. The fourth-order valence-electron chi connectivity index (χ4n) is 4.09. The fraction of sp³-hybridized carbons (Fsp3) is 0.364. The Balaban J connectivity index is 1.41. The van der Waals surface area contributed by atoms with E-state index in [1.165, 1.54) is 16.9 Å². The predicted molar refractivity (Wildman–Crippen MR) is 126 cm³/mol. The zero-order valence-electron chi connectivity index (χ0n) is 18.4. The Bertz CT molecular complexity index is 1400. The minimum absolute atomic E-state index is 0.0936. The summed E-state index contributed by atoms with van der Waals surface area (Å²) < 4.78 is 31.4. The van der Waals surface area contributed by atoms with Crippen LogP contribution in [-0.4, -0.2) is 63.1 Å². The highest BCUT2D eigenvalue weighted by Crippen LogP contribution is 2.30. The fourth-order valence-corrected chi connectivity index (χ4v) is 4.97. The van der Waals surface area contributed by atoms with Crippen LogP contribution < -0.4 is 10.1 Å². The standard InChI is InChI=1S/C22H25N7O3S/c1-14(27-21-19-20(24-12-23-19)25-13-26-21)18-11-15-5-3-4-6-17(15)22(28-18)32-16-7-9-29(10-8-16)33(2,30)31/h3-6,11-14,16H,7-10H2,1-2H3,(H2,23,24,25,26,27). The van der Waals surface area contributed by atoms with Crippen molar-refractivity contribution < 1.29 is 13.2 Å². The second-order valence-corrected chi connectivity index (χ2v) is 10.2. The number of benzene rings is 1. The van der Waals surface area contributed by atoms with Gasteiger partial charge in [-0.05, 0) is 37.3 Å². The van der Waals surface area contributed by atoms with E-state index in [9.17, 15) is 8.42 Å². The molecule has 33 heavy (non-hydrogen) atoms. The maximum Gasteiger partial charge on any atom is 0.221 e. The van der Waals surface area contributed by atoms with Crippen LogP contribution in [0.3, 0.4) is 0 Å². The molecule has 172 valence electrons. The van der Waals surface area contributed by atoms with Crippen molar-refractivity contribution in [2.24, 2.45) is 0 Å². The van der Waals surface area contributed by atoms with Crippen LogP contribution in [0.2, 0.25) is 0 Å². The van der Waals surface area contributed by atoms with E-state index in [1.807, 2.05) is 37.3 Å². The van der Waals surface area contributed by atoms with E-state index in [-0.39, 0.29) is 12.1 Å². The maximum absolute atomic E-state index is 11.8. The van der Waals surface area contributed by atoms with Gasteiger partial charge in [-0.1, -0.05) is 18.2 Å². The maximum atomic E-state index is 11.8. The highest BCUT2D eigenvalue weighted by atomic mass is 32.2. The third-order valence-electron chi connectivity index (χ3n) is 5.89. The molecule has 1 aromatic carbocycles. The van der Waals surface area contributed by atoms with Gasteiger partial charge < -0.3 is 15.0 Å². The van der Waals surface area contributed by atoms with Gasteiger partial charge in [0.25, 0.3) is 0 Å². The van der Waals surface area contributed by atoms with Crippen molar-refractivity contribution in [2.45, 2.75) is 31.9 Å². The van der Waals surface area contributed by atoms with Gasteiger partial charge in [0.2, 0.25) is 15.9 Å². The van der Waals surface area contributed by atoms with Crippen molar-refractivity contribution in [1.29, 1.82) is 0 Å². The summed E-state index contributed by atoms with van der Waals surface area (Å²) in [5.41, 5.74) is 2.14. The lowest BCUT2D eigenvalue weighted by molar-refractivity contribution is 0.132. The number of H-pyrrole nitrogens is 1. The first kappa shape index (κ1) is 21.5. The summed E-state index contributed by atoms with van der Waals surface area (Å²) in [7, 11) is -3.18. The van der Waals surface area contributed by atoms with Crippen LogP contribution in [0, 0.1) is 0 Å². The number of aromatic nitrogens is 5. The number of imidazole rings is 1. The SMILES string of the molecule is CC(Nc1ncnc2nc[nH]c12)c1cc2ccccc2c(OC2CCN(S(C)(=O)=O)CC2)n1. The number of hydrogen-bond acceptors (Lipinski definition) is 8. The molecule has 1 aliphatic rings. The van der Waals surface area contributed by atoms with Gasteiger partial charge in [0, 0.05) is 18.5 Å². The molecule has 10 nitrogen and oxygen atoms in total. The lowest BCUT2D eigenvalue weighted by Gasteiger charge is -2.30. The average Bonchev–Trinajstić information content (AvgIpc) is 3.29. The number of aromatic amines is 1. The monoisotopic (exact) mass is 467 g/mol. The van der Waals surface area contributed by atoms with Crippen LogP contribution in [0.4, 0.5) is 5.82 Å². The molecule has 1 fully saturated rings. The summed E-state index contributed by atoms with van der Waals surface area (Å²) in [6, 6.07) is 9.84. The summed E-state index contributed by atoms with van der Waals surface area (Å²) in [4.78, 5) is 20.6. The third kappa shape index (κ3) is 4.46. The van der Waals surface area contributed by atoms with Gasteiger partial charge in [-0.15, -0.1) is 0 Å². The Morgan fingerprint density at radius 2 is 1.97 bits per heavy atom. The van der Waals surface area contributed by atoms with E-state index in [0.29, 0.717) is 43.3 Å². The quantitative estimate of drug-likeness (QED) is 0.443. The van der Waals surface area contributed by atoms with Crippen LogP contribution in [0.15, 0.2) is 43.0 Å². The number of nitrogens with one attached hydrogen (secondary N) is 2. The first-order valence-electron chi connectivity index (χ1n) is 10.8. The predicted octanol–water partition coefficient (Wildman–Crippen LogP) is 2.88. The minimum Gasteiger partial charge on any atom is -0.474 e. The molecule has 0 spiro atoms. The molecule has 2 N–H and O–H groups in total. The molecule has 0 amide bonds.